The molecule has 1 fully saturated rings. The highest BCUT2D eigenvalue weighted by Crippen LogP contribution is 2.31. The molecule has 1 aliphatic heterocycles. The van der Waals surface area contributed by atoms with E-state index in [1.165, 1.54) is 6.08 Å². The summed E-state index contributed by atoms with van der Waals surface area (Å²) in [6.07, 6.45) is 3.33. The van der Waals surface area contributed by atoms with Crippen LogP contribution in [0.25, 0.3) is 6.08 Å². The van der Waals surface area contributed by atoms with E-state index in [1.807, 2.05) is 32.0 Å². The van der Waals surface area contributed by atoms with Gasteiger partial charge >= 0.3 is 6.03 Å². The van der Waals surface area contributed by atoms with E-state index in [0.717, 1.165) is 14.8 Å². The summed E-state index contributed by atoms with van der Waals surface area (Å²) in [4.78, 5) is 39.4. The molecule has 2 aromatic rings. The second-order valence-corrected chi connectivity index (χ2v) is 7.27. The highest BCUT2D eigenvalue weighted by atomic mass is 32.1. The van der Waals surface area contributed by atoms with Crippen LogP contribution in [0.4, 0.5) is 4.79 Å². The average molecular weight is 369 g/mol. The molecule has 6 nitrogen and oxygen atoms in total. The first-order valence-electron chi connectivity index (χ1n) is 8.23. The smallest absolute Gasteiger partial charge is 0.318 e. The molecule has 0 bridgehead atoms. The Balaban J connectivity index is 1.76. The summed E-state index contributed by atoms with van der Waals surface area (Å²) >= 11 is 1.55. The van der Waals surface area contributed by atoms with Gasteiger partial charge in [-0.15, -0.1) is 11.3 Å². The second kappa shape index (κ2) is 7.13. The third-order valence-corrected chi connectivity index (χ3v) is 5.24. The lowest BCUT2D eigenvalue weighted by atomic mass is 9.87. The normalized spacial score (nSPS) is 19.8. The molecule has 4 amide bonds. The van der Waals surface area contributed by atoms with Gasteiger partial charge in [-0.05, 0) is 37.1 Å². The predicted molar refractivity (Wildman–Crippen MR) is 100 cm³/mol. The van der Waals surface area contributed by atoms with Crippen molar-refractivity contribution in [3.05, 3.63) is 63.9 Å². The number of benzene rings is 1. The Labute approximate surface area is 155 Å². The third-order valence-electron chi connectivity index (χ3n) is 4.27. The van der Waals surface area contributed by atoms with Gasteiger partial charge in [-0.2, -0.15) is 5.01 Å². The van der Waals surface area contributed by atoms with Gasteiger partial charge in [0.05, 0.1) is 0 Å². The molecule has 1 saturated heterocycles. The Hall–Kier alpha value is -2.93. The SMILES string of the molecule is CC[C@@]1(c2ccccc2)NC(=O)N(NC(=O)/C=C/c2ccc(C)s2)C1=O. The zero-order chi connectivity index (χ0) is 18.7. The largest absolute Gasteiger partial charge is 0.344 e. The number of rotatable bonds is 5. The van der Waals surface area contributed by atoms with Gasteiger partial charge in [-0.1, -0.05) is 37.3 Å². The quantitative estimate of drug-likeness (QED) is 0.628. The number of aryl methyl sites for hydroxylation is 1. The monoisotopic (exact) mass is 369 g/mol. The van der Waals surface area contributed by atoms with E-state index < -0.39 is 23.4 Å². The van der Waals surface area contributed by atoms with Crippen LogP contribution in [0.1, 0.15) is 28.7 Å². The van der Waals surface area contributed by atoms with Crippen molar-refractivity contribution in [2.24, 2.45) is 0 Å². The van der Waals surface area contributed by atoms with Crippen LogP contribution in [-0.2, 0) is 15.1 Å². The van der Waals surface area contributed by atoms with Gasteiger partial charge in [0.2, 0.25) is 0 Å². The Morgan fingerprint density at radius 3 is 2.58 bits per heavy atom. The number of amides is 4. The van der Waals surface area contributed by atoms with Crippen molar-refractivity contribution in [1.82, 2.24) is 15.8 Å². The second-order valence-electron chi connectivity index (χ2n) is 5.95. The minimum absolute atomic E-state index is 0.373. The highest BCUT2D eigenvalue weighted by molar-refractivity contribution is 7.12. The Kier molecular flexibility index (Phi) is 4.90. The Bertz CT molecular complexity index is 875. The van der Waals surface area contributed by atoms with E-state index in [-0.39, 0.29) is 0 Å². The summed E-state index contributed by atoms with van der Waals surface area (Å²) in [5.74, 6) is -1.04. The zero-order valence-corrected chi connectivity index (χ0v) is 15.3. The summed E-state index contributed by atoms with van der Waals surface area (Å²) in [6, 6.07) is 12.2. The Morgan fingerprint density at radius 1 is 1.23 bits per heavy atom. The third kappa shape index (κ3) is 3.25. The van der Waals surface area contributed by atoms with Gasteiger partial charge in [-0.3, -0.25) is 15.0 Å². The minimum Gasteiger partial charge on any atom is -0.318 e. The molecule has 0 saturated carbocycles. The van der Waals surface area contributed by atoms with Crippen LogP contribution in [0, 0.1) is 6.92 Å². The number of thiophene rings is 1. The number of nitrogens with zero attached hydrogens (tertiary/aromatic N) is 1. The first-order valence-corrected chi connectivity index (χ1v) is 9.05. The summed E-state index contributed by atoms with van der Waals surface area (Å²) in [6.45, 7) is 3.79. The van der Waals surface area contributed by atoms with Crippen LogP contribution < -0.4 is 10.7 Å². The molecule has 2 N–H and O–H groups in total. The molecule has 134 valence electrons. The molecule has 0 aliphatic carbocycles. The molecule has 0 radical (unpaired) electrons. The number of hydrazine groups is 1. The highest BCUT2D eigenvalue weighted by Gasteiger charge is 2.52. The molecule has 26 heavy (non-hydrogen) atoms. The topological polar surface area (TPSA) is 78.5 Å². The van der Waals surface area contributed by atoms with E-state index >= 15 is 0 Å². The average Bonchev–Trinajstić information content (AvgIpc) is 3.17. The van der Waals surface area contributed by atoms with Crippen molar-refractivity contribution >= 4 is 35.3 Å². The molecule has 1 aromatic heterocycles. The minimum atomic E-state index is -1.17. The number of urea groups is 1. The van der Waals surface area contributed by atoms with Gasteiger partial charge < -0.3 is 5.32 Å². The molecule has 2 heterocycles. The summed E-state index contributed by atoms with van der Waals surface area (Å²) in [5, 5.41) is 3.47. The zero-order valence-electron chi connectivity index (χ0n) is 14.5. The van der Waals surface area contributed by atoms with Crippen LogP contribution in [0.2, 0.25) is 0 Å². The lowest BCUT2D eigenvalue weighted by Crippen LogP contribution is -2.48. The fourth-order valence-corrected chi connectivity index (χ4v) is 3.67. The van der Waals surface area contributed by atoms with Crippen molar-refractivity contribution < 1.29 is 14.4 Å². The van der Waals surface area contributed by atoms with E-state index in [4.69, 9.17) is 0 Å². The van der Waals surface area contributed by atoms with E-state index in [0.29, 0.717) is 12.0 Å². The van der Waals surface area contributed by atoms with Gasteiger partial charge in [-0.25, -0.2) is 4.79 Å². The molecule has 1 atom stereocenters. The number of carbonyl (C=O) groups excluding carboxylic acids is 3. The van der Waals surface area contributed by atoms with Crippen LogP contribution in [0.15, 0.2) is 48.5 Å². The van der Waals surface area contributed by atoms with Crippen LogP contribution in [0.3, 0.4) is 0 Å². The van der Waals surface area contributed by atoms with Gasteiger partial charge in [0.15, 0.2) is 0 Å². The first-order chi connectivity index (χ1) is 12.5. The number of nitrogens with one attached hydrogen (secondary N) is 2. The number of carbonyl (C=O) groups is 3. The predicted octanol–water partition coefficient (Wildman–Crippen LogP) is 2.96. The van der Waals surface area contributed by atoms with Crippen molar-refractivity contribution in [2.75, 3.05) is 0 Å². The molecule has 3 rings (SSSR count). The van der Waals surface area contributed by atoms with E-state index in [1.54, 1.807) is 41.7 Å². The van der Waals surface area contributed by atoms with E-state index in [2.05, 4.69) is 10.7 Å². The van der Waals surface area contributed by atoms with E-state index in [9.17, 15) is 14.4 Å². The molecular weight excluding hydrogens is 350 g/mol. The summed E-state index contributed by atoms with van der Waals surface area (Å²) in [5.41, 5.74) is 1.88. The number of hydrogen-bond donors (Lipinski definition) is 2. The van der Waals surface area contributed by atoms with Gasteiger partial charge in [0.25, 0.3) is 11.8 Å². The molecule has 7 heteroatoms. The van der Waals surface area contributed by atoms with Crippen LogP contribution in [-0.4, -0.2) is 22.9 Å². The summed E-state index contributed by atoms with van der Waals surface area (Å²) < 4.78 is 0. The first kappa shape index (κ1) is 17.9. The lowest BCUT2D eigenvalue weighted by molar-refractivity contribution is -0.138. The van der Waals surface area contributed by atoms with Crippen molar-refractivity contribution in [3.63, 3.8) is 0 Å². The molecule has 0 unspecified atom stereocenters. The standard InChI is InChI=1S/C19H19N3O3S/c1-3-19(14-7-5-4-6-8-14)17(24)22(18(25)20-19)21-16(23)12-11-15-10-9-13(2)26-15/h4-12H,3H2,1-2H3,(H,20,25)(H,21,23)/b12-11+/t19-/m0/s1. The van der Waals surface area contributed by atoms with Gasteiger partial charge in [0.1, 0.15) is 5.54 Å². The fraction of sp³-hybridized carbons (Fsp3) is 0.211. The van der Waals surface area contributed by atoms with Crippen molar-refractivity contribution in [1.29, 1.82) is 0 Å². The van der Waals surface area contributed by atoms with Crippen molar-refractivity contribution in [2.45, 2.75) is 25.8 Å². The lowest BCUT2D eigenvalue weighted by Gasteiger charge is -2.25. The maximum atomic E-state index is 12.9. The maximum absolute atomic E-state index is 12.9. The molecule has 1 aliphatic rings. The number of hydrogen-bond acceptors (Lipinski definition) is 4. The van der Waals surface area contributed by atoms with Crippen LogP contribution >= 0.6 is 11.3 Å². The van der Waals surface area contributed by atoms with Gasteiger partial charge in [0, 0.05) is 15.8 Å². The molecular formula is C19H19N3O3S. The van der Waals surface area contributed by atoms with Crippen molar-refractivity contribution in [3.8, 4) is 0 Å². The molecule has 0 spiro atoms. The number of imide groups is 1. The fourth-order valence-electron chi connectivity index (χ4n) is 2.89. The molecule has 1 aromatic carbocycles. The van der Waals surface area contributed by atoms with Crippen LogP contribution in [0.5, 0.6) is 0 Å². The maximum Gasteiger partial charge on any atom is 0.344 e. The Morgan fingerprint density at radius 2 is 1.96 bits per heavy atom. The summed E-state index contributed by atoms with van der Waals surface area (Å²) in [7, 11) is 0.